The van der Waals surface area contributed by atoms with Crippen LogP contribution in [0.25, 0.3) is 0 Å². The van der Waals surface area contributed by atoms with Gasteiger partial charge in [0.15, 0.2) is 5.69 Å². The third kappa shape index (κ3) is 3.97. The number of nitrogens with zero attached hydrogens (tertiary/aromatic N) is 3. The maximum absolute atomic E-state index is 12.6. The first-order valence-corrected chi connectivity index (χ1v) is 5.88. The van der Waals surface area contributed by atoms with Gasteiger partial charge in [-0.2, -0.15) is 18.2 Å². The predicted octanol–water partition coefficient (Wildman–Crippen LogP) is 1.36. The summed E-state index contributed by atoms with van der Waals surface area (Å²) in [4.78, 5) is 20.0. The molecule has 0 aliphatic heterocycles. The van der Waals surface area contributed by atoms with E-state index in [1.165, 1.54) is 11.8 Å². The van der Waals surface area contributed by atoms with E-state index in [0.29, 0.717) is 12.6 Å². The zero-order chi connectivity index (χ0) is 15.5. The smallest absolute Gasteiger partial charge is 0.368 e. The number of hydrogen-bond acceptors (Lipinski definition) is 5. The highest BCUT2D eigenvalue weighted by Crippen LogP contribution is 2.29. The van der Waals surface area contributed by atoms with Crippen LogP contribution >= 0.6 is 0 Å². The number of alkyl halides is 3. The van der Waals surface area contributed by atoms with Crippen molar-refractivity contribution in [3.8, 4) is 0 Å². The molecule has 1 rings (SSSR count). The molecule has 9 heteroatoms. The lowest BCUT2D eigenvalue weighted by Crippen LogP contribution is -2.39. The Hall–Kier alpha value is -2.06. The quantitative estimate of drug-likeness (QED) is 0.875. The molecule has 3 N–H and O–H groups in total. The van der Waals surface area contributed by atoms with Gasteiger partial charge in [0.25, 0.3) is 0 Å². The highest BCUT2D eigenvalue weighted by atomic mass is 19.4. The van der Waals surface area contributed by atoms with E-state index in [1.54, 1.807) is 14.0 Å². The maximum Gasteiger partial charge on any atom is 0.433 e. The number of hydrogen-bond donors (Lipinski definition) is 2. The van der Waals surface area contributed by atoms with E-state index in [1.807, 2.05) is 0 Å². The molecular weight excluding hydrogens is 275 g/mol. The molecule has 1 unspecified atom stereocenters. The summed E-state index contributed by atoms with van der Waals surface area (Å²) in [7, 11) is 1.59. The Morgan fingerprint density at radius 1 is 1.50 bits per heavy atom. The van der Waals surface area contributed by atoms with E-state index in [9.17, 15) is 18.0 Å². The van der Waals surface area contributed by atoms with Crippen LogP contribution in [0.3, 0.4) is 0 Å². The standard InChI is InChI=1S/C11H16F3N5O/c1-4-19(3)9(20)6(2)16-8-5-7(11(12,13)14)17-10(15)18-8/h5-6H,4H2,1-3H3,(H3,15,16,17,18). The second kappa shape index (κ2) is 5.93. The second-order valence-corrected chi connectivity index (χ2v) is 4.21. The normalized spacial score (nSPS) is 12.9. The van der Waals surface area contributed by atoms with Crippen molar-refractivity contribution >= 4 is 17.7 Å². The molecular formula is C11H16F3N5O. The molecule has 112 valence electrons. The third-order valence-corrected chi connectivity index (χ3v) is 2.62. The summed E-state index contributed by atoms with van der Waals surface area (Å²) >= 11 is 0. The Labute approximate surface area is 114 Å². The van der Waals surface area contributed by atoms with Crippen LogP contribution < -0.4 is 11.1 Å². The molecule has 0 aliphatic carbocycles. The number of carbonyl (C=O) groups is 1. The number of carbonyl (C=O) groups excluding carboxylic acids is 1. The first-order chi connectivity index (χ1) is 9.15. The van der Waals surface area contributed by atoms with Gasteiger partial charge < -0.3 is 16.0 Å². The molecule has 1 aromatic heterocycles. The third-order valence-electron chi connectivity index (χ3n) is 2.62. The summed E-state index contributed by atoms with van der Waals surface area (Å²) in [5.74, 6) is -0.917. The van der Waals surface area contributed by atoms with Gasteiger partial charge in [-0.05, 0) is 13.8 Å². The van der Waals surface area contributed by atoms with E-state index in [0.717, 1.165) is 0 Å². The van der Waals surface area contributed by atoms with Crippen LogP contribution in [0, 0.1) is 0 Å². The Kier molecular flexibility index (Phi) is 4.74. The van der Waals surface area contributed by atoms with Gasteiger partial charge in [0.2, 0.25) is 11.9 Å². The van der Waals surface area contributed by atoms with Crippen molar-refractivity contribution in [2.75, 3.05) is 24.6 Å². The van der Waals surface area contributed by atoms with Crippen LogP contribution in [0.4, 0.5) is 24.9 Å². The van der Waals surface area contributed by atoms with Gasteiger partial charge in [-0.15, -0.1) is 0 Å². The summed E-state index contributed by atoms with van der Waals surface area (Å²) in [6.45, 7) is 3.81. The minimum atomic E-state index is -4.62. The number of nitrogens with two attached hydrogens (primary N) is 1. The van der Waals surface area contributed by atoms with Crippen LogP contribution in [0.2, 0.25) is 0 Å². The van der Waals surface area contributed by atoms with E-state index in [4.69, 9.17) is 5.73 Å². The lowest BCUT2D eigenvalue weighted by Gasteiger charge is -2.21. The minimum absolute atomic E-state index is 0.143. The van der Waals surface area contributed by atoms with Crippen LogP contribution in [-0.4, -0.2) is 40.4 Å². The molecule has 0 bridgehead atoms. The summed E-state index contributed by atoms with van der Waals surface area (Å²) in [6, 6.07) is -0.0122. The van der Waals surface area contributed by atoms with Gasteiger partial charge in [0.1, 0.15) is 11.9 Å². The van der Waals surface area contributed by atoms with Crippen molar-refractivity contribution in [3.63, 3.8) is 0 Å². The first kappa shape index (κ1) is 16.0. The average Bonchev–Trinajstić information content (AvgIpc) is 2.35. The summed E-state index contributed by atoms with van der Waals surface area (Å²) in [6.07, 6.45) is -4.62. The number of halogens is 3. The van der Waals surface area contributed by atoms with Gasteiger partial charge in [-0.3, -0.25) is 4.79 Å². The van der Waals surface area contributed by atoms with Crippen molar-refractivity contribution in [2.45, 2.75) is 26.1 Å². The number of aromatic nitrogens is 2. The van der Waals surface area contributed by atoms with Gasteiger partial charge in [0.05, 0.1) is 0 Å². The molecule has 0 fully saturated rings. The first-order valence-electron chi connectivity index (χ1n) is 5.88. The minimum Gasteiger partial charge on any atom is -0.368 e. The molecule has 1 aromatic rings. The molecule has 0 aliphatic rings. The summed E-state index contributed by atoms with van der Waals surface area (Å²) in [5, 5.41) is 2.59. The fourth-order valence-corrected chi connectivity index (χ4v) is 1.46. The molecule has 0 saturated carbocycles. The average molecular weight is 291 g/mol. The Morgan fingerprint density at radius 3 is 2.60 bits per heavy atom. The molecule has 1 amide bonds. The number of amides is 1. The molecule has 1 atom stereocenters. The van der Waals surface area contributed by atoms with Crippen LogP contribution in [0.15, 0.2) is 6.07 Å². The lowest BCUT2D eigenvalue weighted by atomic mass is 10.3. The largest absolute Gasteiger partial charge is 0.433 e. The van der Waals surface area contributed by atoms with E-state index in [2.05, 4.69) is 15.3 Å². The Balaban J connectivity index is 2.93. The highest BCUT2D eigenvalue weighted by Gasteiger charge is 2.33. The molecule has 0 aromatic carbocycles. The second-order valence-electron chi connectivity index (χ2n) is 4.21. The zero-order valence-electron chi connectivity index (χ0n) is 11.3. The molecule has 0 radical (unpaired) electrons. The van der Waals surface area contributed by atoms with Gasteiger partial charge in [-0.1, -0.05) is 0 Å². The number of rotatable bonds is 4. The molecule has 6 nitrogen and oxygen atoms in total. The van der Waals surface area contributed by atoms with Gasteiger partial charge in [-0.25, -0.2) is 4.98 Å². The van der Waals surface area contributed by atoms with Gasteiger partial charge >= 0.3 is 6.18 Å². The number of anilines is 2. The predicted molar refractivity (Wildman–Crippen MR) is 67.8 cm³/mol. The number of likely N-dealkylation sites (N-methyl/N-ethyl adjacent to an activating group) is 1. The van der Waals surface area contributed by atoms with Crippen molar-refractivity contribution in [1.29, 1.82) is 0 Å². The van der Waals surface area contributed by atoms with Crippen LogP contribution in [-0.2, 0) is 11.0 Å². The van der Waals surface area contributed by atoms with Crippen LogP contribution in [0.1, 0.15) is 19.5 Å². The van der Waals surface area contributed by atoms with Crippen molar-refractivity contribution in [1.82, 2.24) is 14.9 Å². The number of nitrogens with one attached hydrogen (secondary N) is 1. The Bertz CT molecular complexity index is 491. The molecule has 0 saturated heterocycles. The maximum atomic E-state index is 12.6. The fraction of sp³-hybridized carbons (Fsp3) is 0.545. The van der Waals surface area contributed by atoms with E-state index in [-0.39, 0.29) is 11.7 Å². The van der Waals surface area contributed by atoms with Crippen molar-refractivity contribution in [2.24, 2.45) is 0 Å². The SMILES string of the molecule is CCN(C)C(=O)C(C)Nc1cc(C(F)(F)F)nc(N)n1. The van der Waals surface area contributed by atoms with Gasteiger partial charge in [0, 0.05) is 19.7 Å². The molecule has 20 heavy (non-hydrogen) atoms. The monoisotopic (exact) mass is 291 g/mol. The summed E-state index contributed by atoms with van der Waals surface area (Å²) in [5.41, 5.74) is 4.08. The fourth-order valence-electron chi connectivity index (χ4n) is 1.46. The highest BCUT2D eigenvalue weighted by molar-refractivity contribution is 5.83. The Morgan fingerprint density at radius 2 is 2.10 bits per heavy atom. The molecule has 1 heterocycles. The number of nitrogen functional groups attached to an aromatic ring is 1. The topological polar surface area (TPSA) is 84.1 Å². The van der Waals surface area contributed by atoms with Crippen molar-refractivity contribution < 1.29 is 18.0 Å². The zero-order valence-corrected chi connectivity index (χ0v) is 11.3. The van der Waals surface area contributed by atoms with Crippen LogP contribution in [0.5, 0.6) is 0 Å². The van der Waals surface area contributed by atoms with E-state index >= 15 is 0 Å². The lowest BCUT2D eigenvalue weighted by molar-refractivity contribution is -0.141. The van der Waals surface area contributed by atoms with E-state index < -0.39 is 23.9 Å². The molecule has 0 spiro atoms. The summed E-state index contributed by atoms with van der Waals surface area (Å²) < 4.78 is 37.7. The van der Waals surface area contributed by atoms with Crippen molar-refractivity contribution in [3.05, 3.63) is 11.8 Å².